The van der Waals surface area contributed by atoms with E-state index in [1.54, 1.807) is 7.85 Å². The zero-order valence-electron chi connectivity index (χ0n) is 4.37. The highest BCUT2D eigenvalue weighted by atomic mass is 31.2. The van der Waals surface area contributed by atoms with Gasteiger partial charge in [-0.05, 0) is 6.44 Å². The predicted molar refractivity (Wildman–Crippen MR) is 29.7 cm³/mol. The Hall–Kier alpha value is 0.135. The molecule has 0 aliphatic rings. The van der Waals surface area contributed by atoms with Gasteiger partial charge in [-0.2, -0.15) is 10.1 Å². The maximum Gasteiger partial charge on any atom is 0.486 e. The van der Waals surface area contributed by atoms with E-state index in [1.807, 2.05) is 5.48 Å². The third-order valence-electron chi connectivity index (χ3n) is 0.328. The Balaban J connectivity index is 3.26. The van der Waals surface area contributed by atoms with Crippen LogP contribution in [0.2, 0.25) is 0 Å². The summed E-state index contributed by atoms with van der Waals surface area (Å²) >= 11 is 0. The van der Waals surface area contributed by atoms with Crippen molar-refractivity contribution in [3.63, 3.8) is 0 Å². The van der Waals surface area contributed by atoms with Crippen molar-refractivity contribution in [2.75, 3.05) is 6.44 Å². The molecule has 0 aromatic carbocycles. The maximum absolute atomic E-state index is 9.80. The summed E-state index contributed by atoms with van der Waals surface area (Å²) in [6.07, 6.45) is 0.366. The highest BCUT2D eigenvalue weighted by molar-refractivity contribution is 7.46. The molecule has 0 aromatic heterocycles. The molecular formula is CH7BNO4P. The van der Waals surface area contributed by atoms with Gasteiger partial charge in [0.05, 0.1) is 0 Å². The molecule has 3 N–H and O–H groups in total. The first-order valence-electron chi connectivity index (χ1n) is 2.03. The monoisotopic (exact) mass is 139 g/mol. The Labute approximate surface area is 47.6 Å². The van der Waals surface area contributed by atoms with Gasteiger partial charge in [0.1, 0.15) is 7.85 Å². The standard InChI is InChI=1S/CH7BNO4P/c2-1-3-7-8(4,5)6/h3H,1-2H2,(H2,4,5,6). The number of hydrogen-bond donors (Lipinski definition) is 3. The van der Waals surface area contributed by atoms with E-state index in [2.05, 4.69) is 4.62 Å². The van der Waals surface area contributed by atoms with Crippen LogP contribution in [0.15, 0.2) is 0 Å². The molecule has 0 rings (SSSR count). The fourth-order valence-electron chi connectivity index (χ4n) is 0.149. The summed E-state index contributed by atoms with van der Waals surface area (Å²) in [5, 5.41) is 0. The first-order valence-corrected chi connectivity index (χ1v) is 3.56. The molecule has 0 amide bonds. The van der Waals surface area contributed by atoms with Crippen LogP contribution in [0.1, 0.15) is 0 Å². The van der Waals surface area contributed by atoms with Gasteiger partial charge in [-0.15, -0.1) is 0 Å². The summed E-state index contributed by atoms with van der Waals surface area (Å²) < 4.78 is 13.6. The van der Waals surface area contributed by atoms with Crippen molar-refractivity contribution >= 4 is 15.7 Å². The van der Waals surface area contributed by atoms with Crippen LogP contribution in [-0.2, 0) is 9.19 Å². The molecule has 0 bridgehead atoms. The van der Waals surface area contributed by atoms with Gasteiger partial charge in [0, 0.05) is 0 Å². The Bertz CT molecular complexity index is 100. The van der Waals surface area contributed by atoms with Crippen LogP contribution in [0.25, 0.3) is 0 Å². The van der Waals surface area contributed by atoms with Gasteiger partial charge in [0.25, 0.3) is 0 Å². The molecule has 5 nitrogen and oxygen atoms in total. The molecule has 0 atom stereocenters. The summed E-state index contributed by atoms with van der Waals surface area (Å²) in [6, 6.07) is 0. The third kappa shape index (κ3) is 6.13. The molecule has 8 heavy (non-hydrogen) atoms. The first-order chi connectivity index (χ1) is 3.56. The Kier molecular flexibility index (Phi) is 3.27. The van der Waals surface area contributed by atoms with Crippen molar-refractivity contribution in [2.45, 2.75) is 0 Å². The van der Waals surface area contributed by atoms with Crippen LogP contribution in [0.5, 0.6) is 0 Å². The molecule has 0 aromatic rings. The molecular weight excluding hydrogens is 132 g/mol. The molecule has 0 unspecified atom stereocenters. The van der Waals surface area contributed by atoms with E-state index in [0.717, 1.165) is 0 Å². The molecule has 0 aliphatic heterocycles. The van der Waals surface area contributed by atoms with Crippen molar-refractivity contribution in [2.24, 2.45) is 0 Å². The van der Waals surface area contributed by atoms with E-state index in [-0.39, 0.29) is 0 Å². The van der Waals surface area contributed by atoms with Crippen LogP contribution < -0.4 is 5.48 Å². The molecule has 0 aliphatic carbocycles. The number of phosphoric acid groups is 1. The lowest BCUT2D eigenvalue weighted by Crippen LogP contribution is -2.13. The normalized spacial score (nSPS) is 11.8. The van der Waals surface area contributed by atoms with Gasteiger partial charge in [-0.1, -0.05) is 0 Å². The minimum atomic E-state index is -4.29. The fourth-order valence-corrected chi connectivity index (χ4v) is 0.446. The molecule has 0 spiro atoms. The predicted octanol–water partition coefficient (Wildman–Crippen LogP) is -1.81. The van der Waals surface area contributed by atoms with Crippen molar-refractivity contribution < 1.29 is 19.0 Å². The first kappa shape index (κ1) is 8.13. The lowest BCUT2D eigenvalue weighted by molar-refractivity contribution is 0.137. The number of nitrogens with one attached hydrogen (secondary N) is 1. The Morgan fingerprint density at radius 1 is 1.75 bits per heavy atom. The highest BCUT2D eigenvalue weighted by Gasteiger charge is 2.11. The summed E-state index contributed by atoms with van der Waals surface area (Å²) in [6.45, 7) is 0. The van der Waals surface area contributed by atoms with Crippen molar-refractivity contribution in [3.8, 4) is 0 Å². The van der Waals surface area contributed by atoms with Gasteiger partial charge < -0.3 is 9.79 Å². The smallest absolute Gasteiger partial charge is 0.302 e. The molecule has 0 radical (unpaired) electrons. The van der Waals surface area contributed by atoms with Gasteiger partial charge in [0.2, 0.25) is 0 Å². The zero-order chi connectivity index (χ0) is 6.62. The highest BCUT2D eigenvalue weighted by Crippen LogP contribution is 2.33. The van der Waals surface area contributed by atoms with E-state index in [4.69, 9.17) is 9.79 Å². The number of rotatable bonds is 3. The molecule has 0 heterocycles. The molecule has 7 heteroatoms. The summed E-state index contributed by atoms with van der Waals surface area (Å²) in [5.74, 6) is 0. The average molecular weight is 139 g/mol. The van der Waals surface area contributed by atoms with E-state index >= 15 is 0 Å². The quantitative estimate of drug-likeness (QED) is 0.244. The second kappa shape index (κ2) is 3.22. The molecule has 48 valence electrons. The third-order valence-corrected chi connectivity index (χ3v) is 0.695. The van der Waals surface area contributed by atoms with Gasteiger partial charge >= 0.3 is 7.82 Å². The Morgan fingerprint density at radius 3 is 2.38 bits per heavy atom. The number of hydrogen-bond acceptors (Lipinski definition) is 3. The fraction of sp³-hybridized carbons (Fsp3) is 1.00. The lowest BCUT2D eigenvalue weighted by atomic mass is 10.2. The SMILES string of the molecule is BCNOP(=O)(O)O. The molecule has 0 saturated carbocycles. The molecule has 0 fully saturated rings. The van der Waals surface area contributed by atoms with Gasteiger partial charge in [-0.3, -0.25) is 0 Å². The van der Waals surface area contributed by atoms with Crippen LogP contribution in [0, 0.1) is 0 Å². The van der Waals surface area contributed by atoms with Gasteiger partial charge in [-0.25, -0.2) is 4.57 Å². The van der Waals surface area contributed by atoms with Crippen LogP contribution >= 0.6 is 7.82 Å². The van der Waals surface area contributed by atoms with Crippen LogP contribution in [-0.4, -0.2) is 24.1 Å². The van der Waals surface area contributed by atoms with E-state index < -0.39 is 7.82 Å². The average Bonchev–Trinajstić information content (AvgIpc) is 1.59. The number of hydroxylamine groups is 1. The van der Waals surface area contributed by atoms with Crippen molar-refractivity contribution in [1.82, 2.24) is 5.48 Å². The summed E-state index contributed by atoms with van der Waals surface area (Å²) in [4.78, 5) is 16.0. The van der Waals surface area contributed by atoms with Crippen LogP contribution in [0.3, 0.4) is 0 Å². The van der Waals surface area contributed by atoms with E-state index in [0.29, 0.717) is 6.44 Å². The second-order valence-electron chi connectivity index (χ2n) is 1.08. The largest absolute Gasteiger partial charge is 0.486 e. The van der Waals surface area contributed by atoms with Crippen molar-refractivity contribution in [3.05, 3.63) is 0 Å². The lowest BCUT2D eigenvalue weighted by Gasteiger charge is -2.01. The molecule has 0 saturated heterocycles. The Morgan fingerprint density at radius 2 is 2.25 bits per heavy atom. The summed E-state index contributed by atoms with van der Waals surface area (Å²) in [7, 11) is -2.63. The van der Waals surface area contributed by atoms with E-state index in [1.165, 1.54) is 0 Å². The second-order valence-corrected chi connectivity index (χ2v) is 2.24. The van der Waals surface area contributed by atoms with E-state index in [9.17, 15) is 4.57 Å². The zero-order valence-corrected chi connectivity index (χ0v) is 5.26. The minimum Gasteiger partial charge on any atom is -0.302 e. The van der Waals surface area contributed by atoms with Crippen LogP contribution in [0.4, 0.5) is 0 Å². The van der Waals surface area contributed by atoms with Crippen molar-refractivity contribution in [1.29, 1.82) is 0 Å². The van der Waals surface area contributed by atoms with Gasteiger partial charge in [0.15, 0.2) is 0 Å². The summed E-state index contributed by atoms with van der Waals surface area (Å²) in [5.41, 5.74) is 2.03. The topological polar surface area (TPSA) is 78.8 Å². The maximum atomic E-state index is 9.80. The minimum absolute atomic E-state index is 0.366.